The molecule has 1 atom stereocenters. The Kier molecular flexibility index (Phi) is 7.36. The van der Waals surface area contributed by atoms with E-state index in [0.717, 1.165) is 38.1 Å². The zero-order valence-electron chi connectivity index (χ0n) is 13.7. The molecule has 1 unspecified atom stereocenters. The lowest BCUT2D eigenvalue weighted by Crippen LogP contribution is -2.45. The molecule has 0 spiro atoms. The minimum Gasteiger partial charge on any atom is -0.338 e. The Hall–Kier alpha value is -0.240. The molecule has 1 amide bonds. The maximum absolute atomic E-state index is 12.9. The fourth-order valence-corrected chi connectivity index (χ4v) is 4.37. The van der Waals surface area contributed by atoms with E-state index in [0.29, 0.717) is 17.8 Å². The van der Waals surface area contributed by atoms with E-state index in [1.54, 1.807) is 0 Å². The molecule has 1 aliphatic carbocycles. The van der Waals surface area contributed by atoms with Crippen molar-refractivity contribution >= 4 is 17.5 Å². The first-order chi connectivity index (χ1) is 10.3. The van der Waals surface area contributed by atoms with Crippen molar-refractivity contribution in [1.82, 2.24) is 4.90 Å². The Morgan fingerprint density at radius 1 is 1.10 bits per heavy atom. The van der Waals surface area contributed by atoms with Crippen molar-refractivity contribution in [1.29, 1.82) is 0 Å². The molecule has 21 heavy (non-hydrogen) atoms. The first kappa shape index (κ1) is 17.1. The average Bonchev–Trinajstić information content (AvgIpc) is 2.78. The van der Waals surface area contributed by atoms with E-state index in [-0.39, 0.29) is 5.92 Å². The van der Waals surface area contributed by atoms with Crippen LogP contribution in [0.4, 0.5) is 0 Å². The summed E-state index contributed by atoms with van der Waals surface area (Å²) in [6, 6.07) is 0.291. The van der Waals surface area contributed by atoms with Gasteiger partial charge in [-0.15, -0.1) is 11.6 Å². The quantitative estimate of drug-likeness (QED) is 0.654. The lowest BCUT2D eigenvalue weighted by Gasteiger charge is -2.35. The second-order valence-electron chi connectivity index (χ2n) is 7.05. The summed E-state index contributed by atoms with van der Waals surface area (Å²) < 4.78 is 0. The van der Waals surface area contributed by atoms with Crippen molar-refractivity contribution in [2.45, 2.75) is 83.6 Å². The Morgan fingerprint density at radius 2 is 1.86 bits per heavy atom. The van der Waals surface area contributed by atoms with Crippen molar-refractivity contribution < 1.29 is 4.79 Å². The maximum atomic E-state index is 12.9. The average molecular weight is 314 g/mol. The number of carbonyl (C=O) groups is 1. The van der Waals surface area contributed by atoms with Crippen LogP contribution in [0, 0.1) is 11.8 Å². The fourth-order valence-electron chi connectivity index (χ4n) is 4.05. The minimum absolute atomic E-state index is 0.284. The van der Waals surface area contributed by atoms with Crippen LogP contribution in [0.15, 0.2) is 0 Å². The van der Waals surface area contributed by atoms with Crippen LogP contribution >= 0.6 is 11.6 Å². The van der Waals surface area contributed by atoms with E-state index in [1.807, 2.05) is 0 Å². The van der Waals surface area contributed by atoms with Gasteiger partial charge in [0, 0.05) is 24.4 Å². The molecule has 122 valence electrons. The predicted molar refractivity (Wildman–Crippen MR) is 89.7 cm³/mol. The van der Waals surface area contributed by atoms with Gasteiger partial charge in [0.1, 0.15) is 0 Å². The van der Waals surface area contributed by atoms with Gasteiger partial charge in [0.2, 0.25) is 5.91 Å². The van der Waals surface area contributed by atoms with Gasteiger partial charge >= 0.3 is 0 Å². The lowest BCUT2D eigenvalue weighted by molar-refractivity contribution is -0.138. The van der Waals surface area contributed by atoms with Gasteiger partial charge in [-0.3, -0.25) is 4.79 Å². The lowest BCUT2D eigenvalue weighted by atomic mass is 9.79. The van der Waals surface area contributed by atoms with Gasteiger partial charge in [-0.1, -0.05) is 39.0 Å². The molecule has 1 heterocycles. The number of nitrogens with zero attached hydrogens (tertiary/aromatic N) is 1. The summed E-state index contributed by atoms with van der Waals surface area (Å²) in [6.45, 7) is 3.20. The van der Waals surface area contributed by atoms with Crippen molar-refractivity contribution in [3.8, 4) is 0 Å². The highest BCUT2D eigenvalue weighted by Gasteiger charge is 2.32. The number of rotatable bonds is 5. The molecular formula is C18H32ClNO. The third-order valence-corrected chi connectivity index (χ3v) is 5.86. The number of unbranched alkanes of at least 4 members (excludes halogenated alkanes) is 1. The van der Waals surface area contributed by atoms with E-state index in [9.17, 15) is 4.79 Å². The van der Waals surface area contributed by atoms with Crippen LogP contribution in [0.3, 0.4) is 0 Å². The molecule has 1 saturated heterocycles. The maximum Gasteiger partial charge on any atom is 0.225 e. The van der Waals surface area contributed by atoms with Crippen molar-refractivity contribution in [2.75, 3.05) is 12.4 Å². The highest BCUT2D eigenvalue weighted by Crippen LogP contribution is 2.34. The molecular weight excluding hydrogens is 282 g/mol. The summed E-state index contributed by atoms with van der Waals surface area (Å²) in [4.78, 5) is 15.0. The molecule has 0 aromatic rings. The van der Waals surface area contributed by atoms with Crippen LogP contribution in [0.2, 0.25) is 0 Å². The normalized spacial score (nSPS) is 31.0. The van der Waals surface area contributed by atoms with E-state index in [4.69, 9.17) is 11.6 Å². The number of likely N-dealkylation sites (tertiary alicyclic amines) is 1. The molecule has 2 nitrogen and oxygen atoms in total. The van der Waals surface area contributed by atoms with E-state index >= 15 is 0 Å². The molecule has 0 N–H and O–H groups in total. The van der Waals surface area contributed by atoms with Crippen LogP contribution < -0.4 is 0 Å². The molecule has 2 rings (SSSR count). The molecule has 3 heteroatoms. The van der Waals surface area contributed by atoms with E-state index in [1.165, 1.54) is 44.9 Å². The van der Waals surface area contributed by atoms with Crippen LogP contribution in [0.5, 0.6) is 0 Å². The Bertz CT molecular complexity index is 312. The molecule has 2 fully saturated rings. The number of hydrogen-bond acceptors (Lipinski definition) is 1. The molecule has 0 aromatic heterocycles. The summed E-state index contributed by atoms with van der Waals surface area (Å²) in [7, 11) is 0. The summed E-state index contributed by atoms with van der Waals surface area (Å²) in [5, 5.41) is 0. The SMILES string of the molecule is CCCCC1CCC(C(=O)N2CCCCCC2CCl)CC1. The van der Waals surface area contributed by atoms with Gasteiger partial charge < -0.3 is 4.90 Å². The van der Waals surface area contributed by atoms with Crippen molar-refractivity contribution in [3.63, 3.8) is 0 Å². The predicted octanol–water partition coefficient (Wildman–Crippen LogP) is 4.99. The van der Waals surface area contributed by atoms with Crippen molar-refractivity contribution in [3.05, 3.63) is 0 Å². The van der Waals surface area contributed by atoms with E-state index < -0.39 is 0 Å². The second kappa shape index (κ2) is 9.02. The highest BCUT2D eigenvalue weighted by molar-refractivity contribution is 6.18. The van der Waals surface area contributed by atoms with Crippen molar-refractivity contribution in [2.24, 2.45) is 11.8 Å². The molecule has 1 saturated carbocycles. The Morgan fingerprint density at radius 3 is 2.52 bits per heavy atom. The van der Waals surface area contributed by atoms with Gasteiger partial charge in [0.05, 0.1) is 0 Å². The van der Waals surface area contributed by atoms with Gasteiger partial charge in [-0.25, -0.2) is 0 Å². The molecule has 0 aromatic carbocycles. The number of alkyl halides is 1. The monoisotopic (exact) mass is 313 g/mol. The van der Waals surface area contributed by atoms with Gasteiger partial charge in [0.25, 0.3) is 0 Å². The topological polar surface area (TPSA) is 20.3 Å². The second-order valence-corrected chi connectivity index (χ2v) is 7.36. The number of amides is 1. The van der Waals surface area contributed by atoms with Gasteiger partial charge in [0.15, 0.2) is 0 Å². The Balaban J connectivity index is 1.85. The standard InChI is InChI=1S/C18H32ClNO/c1-2-3-7-15-9-11-16(12-10-15)18(21)20-13-6-4-5-8-17(20)14-19/h15-17H,2-14H2,1H3. The highest BCUT2D eigenvalue weighted by atomic mass is 35.5. The minimum atomic E-state index is 0.284. The van der Waals surface area contributed by atoms with E-state index in [2.05, 4.69) is 11.8 Å². The van der Waals surface area contributed by atoms with Gasteiger partial charge in [-0.05, 0) is 44.4 Å². The fraction of sp³-hybridized carbons (Fsp3) is 0.944. The molecule has 2 aliphatic rings. The largest absolute Gasteiger partial charge is 0.338 e. The Labute approximate surface area is 135 Å². The zero-order valence-corrected chi connectivity index (χ0v) is 14.4. The zero-order chi connectivity index (χ0) is 15.1. The first-order valence-corrected chi connectivity index (χ1v) is 9.66. The molecule has 1 aliphatic heterocycles. The third kappa shape index (κ3) is 4.87. The van der Waals surface area contributed by atoms with Crippen LogP contribution in [0.25, 0.3) is 0 Å². The van der Waals surface area contributed by atoms with Crippen LogP contribution in [-0.4, -0.2) is 29.3 Å². The third-order valence-electron chi connectivity index (χ3n) is 5.50. The smallest absolute Gasteiger partial charge is 0.225 e. The summed E-state index contributed by atoms with van der Waals surface area (Å²) in [5.74, 6) is 2.18. The molecule has 0 bridgehead atoms. The summed E-state index contributed by atoms with van der Waals surface area (Å²) in [6.07, 6.45) is 13.5. The number of carbonyl (C=O) groups excluding carboxylic acids is 1. The first-order valence-electron chi connectivity index (χ1n) is 9.12. The number of hydrogen-bond donors (Lipinski definition) is 0. The van der Waals surface area contributed by atoms with Crippen LogP contribution in [-0.2, 0) is 4.79 Å². The molecule has 0 radical (unpaired) electrons. The van der Waals surface area contributed by atoms with Crippen LogP contribution in [0.1, 0.15) is 77.6 Å². The number of halogens is 1. The summed E-state index contributed by atoms with van der Waals surface area (Å²) >= 11 is 6.12. The van der Waals surface area contributed by atoms with Gasteiger partial charge in [-0.2, -0.15) is 0 Å². The summed E-state index contributed by atoms with van der Waals surface area (Å²) in [5.41, 5.74) is 0.